The van der Waals surface area contributed by atoms with Crippen LogP contribution in [0.5, 0.6) is 0 Å². The minimum Gasteiger partial charge on any atom is -0.330 e. The van der Waals surface area contributed by atoms with Crippen molar-refractivity contribution in [3.8, 4) is 0 Å². The Bertz CT molecular complexity index is 301. The second kappa shape index (κ2) is 7.43. The number of hydrogen-bond acceptors (Lipinski definition) is 3. The summed E-state index contributed by atoms with van der Waals surface area (Å²) in [4.78, 5) is 3.84. The number of nitrogens with zero attached hydrogens (tertiary/aromatic N) is 1. The average Bonchev–Trinajstić information content (AvgIpc) is 2.69. The normalized spacial score (nSPS) is 13.3. The van der Waals surface area contributed by atoms with Gasteiger partial charge in [-0.2, -0.15) is 0 Å². The Balaban J connectivity index is 2.17. The van der Waals surface area contributed by atoms with Crippen molar-refractivity contribution in [2.45, 2.75) is 19.8 Å². The molecule has 92 valence electrons. The van der Waals surface area contributed by atoms with Crippen LogP contribution in [0.15, 0.2) is 15.9 Å². The molecule has 0 saturated carbocycles. The third-order valence-corrected chi connectivity index (χ3v) is 4.46. The fourth-order valence-electron chi connectivity index (χ4n) is 1.46. The van der Waals surface area contributed by atoms with Crippen molar-refractivity contribution in [2.75, 3.05) is 26.7 Å². The molecule has 0 aliphatic heterocycles. The minimum absolute atomic E-state index is 0.637. The molecule has 16 heavy (non-hydrogen) atoms. The summed E-state index contributed by atoms with van der Waals surface area (Å²) in [7, 11) is 2.19. The molecule has 0 spiro atoms. The van der Waals surface area contributed by atoms with Crippen LogP contribution in [-0.4, -0.2) is 31.6 Å². The van der Waals surface area contributed by atoms with Crippen molar-refractivity contribution < 1.29 is 0 Å². The molecule has 1 unspecified atom stereocenters. The minimum atomic E-state index is 0.637. The number of halogens is 1. The fourth-order valence-corrected chi connectivity index (χ4v) is 2.93. The van der Waals surface area contributed by atoms with E-state index in [1.165, 1.54) is 15.1 Å². The molecule has 0 saturated heterocycles. The van der Waals surface area contributed by atoms with Crippen LogP contribution < -0.4 is 5.73 Å². The van der Waals surface area contributed by atoms with E-state index in [2.05, 4.69) is 46.9 Å². The molecule has 1 heterocycles. The number of thiophene rings is 1. The van der Waals surface area contributed by atoms with Crippen molar-refractivity contribution >= 4 is 27.3 Å². The highest BCUT2D eigenvalue weighted by molar-refractivity contribution is 9.11. The van der Waals surface area contributed by atoms with E-state index < -0.39 is 0 Å². The van der Waals surface area contributed by atoms with Crippen molar-refractivity contribution in [1.29, 1.82) is 0 Å². The molecule has 4 heteroatoms. The molecule has 1 aromatic rings. The van der Waals surface area contributed by atoms with Crippen molar-refractivity contribution in [2.24, 2.45) is 11.7 Å². The average molecular weight is 305 g/mol. The second-order valence-corrected chi connectivity index (χ2v) is 6.94. The van der Waals surface area contributed by atoms with Crippen molar-refractivity contribution in [1.82, 2.24) is 4.90 Å². The molecule has 0 radical (unpaired) electrons. The summed E-state index contributed by atoms with van der Waals surface area (Å²) < 4.78 is 1.22. The molecule has 1 rings (SSSR count). The Morgan fingerprint density at radius 1 is 1.44 bits per heavy atom. The zero-order chi connectivity index (χ0) is 12.0. The van der Waals surface area contributed by atoms with Gasteiger partial charge >= 0.3 is 0 Å². The van der Waals surface area contributed by atoms with Gasteiger partial charge in [0.1, 0.15) is 0 Å². The van der Waals surface area contributed by atoms with Crippen LogP contribution in [0.1, 0.15) is 18.2 Å². The van der Waals surface area contributed by atoms with Crippen LogP contribution in [0.3, 0.4) is 0 Å². The second-order valence-electron chi connectivity index (χ2n) is 4.39. The maximum Gasteiger partial charge on any atom is 0.0701 e. The van der Waals surface area contributed by atoms with Crippen molar-refractivity contribution in [3.05, 3.63) is 20.8 Å². The summed E-state index contributed by atoms with van der Waals surface area (Å²) in [5, 5.41) is 0. The molecular weight excluding hydrogens is 284 g/mol. The van der Waals surface area contributed by atoms with E-state index >= 15 is 0 Å². The molecular formula is C12H21BrN2S. The number of rotatable bonds is 7. The predicted octanol–water partition coefficient (Wildman–Crippen LogP) is 2.97. The maximum atomic E-state index is 5.60. The maximum absolute atomic E-state index is 5.60. The van der Waals surface area contributed by atoms with Gasteiger partial charge in [-0.25, -0.2) is 0 Å². The van der Waals surface area contributed by atoms with Crippen LogP contribution in [0, 0.1) is 5.92 Å². The predicted molar refractivity (Wildman–Crippen MR) is 76.1 cm³/mol. The Morgan fingerprint density at radius 2 is 2.19 bits per heavy atom. The van der Waals surface area contributed by atoms with E-state index in [4.69, 9.17) is 5.73 Å². The molecule has 0 aromatic carbocycles. The van der Waals surface area contributed by atoms with E-state index in [0.717, 1.165) is 26.1 Å². The summed E-state index contributed by atoms with van der Waals surface area (Å²) in [6.45, 7) is 5.28. The Kier molecular flexibility index (Phi) is 6.58. The number of likely N-dealkylation sites (N-methyl/N-ethyl adjacent to an activating group) is 1. The number of hydrogen-bond donors (Lipinski definition) is 1. The summed E-state index contributed by atoms with van der Waals surface area (Å²) in [6, 6.07) is 4.32. The summed E-state index contributed by atoms with van der Waals surface area (Å²) in [5.74, 6) is 0.637. The standard InChI is InChI=1S/C12H21BrN2S/c1-10(9-14)5-7-15(2)8-6-11-3-4-12(13)16-11/h3-4,10H,5-9,14H2,1-2H3. The smallest absolute Gasteiger partial charge is 0.0701 e. The quantitative estimate of drug-likeness (QED) is 0.839. The van der Waals surface area contributed by atoms with E-state index in [-0.39, 0.29) is 0 Å². The van der Waals surface area contributed by atoms with Gasteiger partial charge in [0.25, 0.3) is 0 Å². The highest BCUT2D eigenvalue weighted by Crippen LogP contribution is 2.22. The summed E-state index contributed by atoms with van der Waals surface area (Å²) >= 11 is 5.32. The first-order valence-corrected chi connectivity index (χ1v) is 7.35. The van der Waals surface area contributed by atoms with Gasteiger partial charge in [0.2, 0.25) is 0 Å². The zero-order valence-corrected chi connectivity index (χ0v) is 12.5. The summed E-state index contributed by atoms with van der Waals surface area (Å²) in [6.07, 6.45) is 2.34. The molecule has 2 N–H and O–H groups in total. The molecule has 0 aliphatic rings. The van der Waals surface area contributed by atoms with E-state index in [1.54, 1.807) is 0 Å². The Labute approximate surface area is 111 Å². The van der Waals surface area contributed by atoms with Gasteiger partial charge in [-0.1, -0.05) is 6.92 Å². The monoisotopic (exact) mass is 304 g/mol. The van der Waals surface area contributed by atoms with E-state index in [1.807, 2.05) is 11.3 Å². The first kappa shape index (κ1) is 14.2. The molecule has 1 atom stereocenters. The van der Waals surface area contributed by atoms with Gasteiger partial charge in [-0.3, -0.25) is 0 Å². The SMILES string of the molecule is CC(CN)CCN(C)CCc1ccc(Br)s1. The largest absolute Gasteiger partial charge is 0.330 e. The van der Waals surface area contributed by atoms with Crippen molar-refractivity contribution in [3.63, 3.8) is 0 Å². The van der Waals surface area contributed by atoms with Gasteiger partial charge in [0.05, 0.1) is 3.79 Å². The lowest BCUT2D eigenvalue weighted by Gasteiger charge is -2.18. The van der Waals surface area contributed by atoms with Gasteiger partial charge in [-0.05, 0) is 67.0 Å². The lowest BCUT2D eigenvalue weighted by Crippen LogP contribution is -2.25. The highest BCUT2D eigenvalue weighted by Gasteiger charge is 2.04. The molecule has 0 bridgehead atoms. The lowest BCUT2D eigenvalue weighted by molar-refractivity contribution is 0.311. The van der Waals surface area contributed by atoms with Gasteiger partial charge < -0.3 is 10.6 Å². The first-order valence-electron chi connectivity index (χ1n) is 5.74. The van der Waals surface area contributed by atoms with Crippen LogP contribution >= 0.6 is 27.3 Å². The van der Waals surface area contributed by atoms with E-state index in [9.17, 15) is 0 Å². The molecule has 0 fully saturated rings. The van der Waals surface area contributed by atoms with E-state index in [0.29, 0.717) is 5.92 Å². The lowest BCUT2D eigenvalue weighted by atomic mass is 10.1. The molecule has 0 aliphatic carbocycles. The third-order valence-electron chi connectivity index (χ3n) is 2.77. The molecule has 2 nitrogen and oxygen atoms in total. The van der Waals surface area contributed by atoms with Gasteiger partial charge in [0.15, 0.2) is 0 Å². The van der Waals surface area contributed by atoms with Crippen LogP contribution in [0.2, 0.25) is 0 Å². The molecule has 0 amide bonds. The Morgan fingerprint density at radius 3 is 2.75 bits per heavy atom. The fraction of sp³-hybridized carbons (Fsp3) is 0.667. The number of nitrogens with two attached hydrogens (primary N) is 1. The van der Waals surface area contributed by atoms with Gasteiger partial charge in [0, 0.05) is 11.4 Å². The van der Waals surface area contributed by atoms with Crippen LogP contribution in [0.25, 0.3) is 0 Å². The first-order chi connectivity index (χ1) is 7.61. The van der Waals surface area contributed by atoms with Gasteiger partial charge in [-0.15, -0.1) is 11.3 Å². The van der Waals surface area contributed by atoms with Crippen LogP contribution in [-0.2, 0) is 6.42 Å². The topological polar surface area (TPSA) is 29.3 Å². The Hall–Kier alpha value is 0.1000. The highest BCUT2D eigenvalue weighted by atomic mass is 79.9. The third kappa shape index (κ3) is 5.43. The van der Waals surface area contributed by atoms with Crippen LogP contribution in [0.4, 0.5) is 0 Å². The zero-order valence-electron chi connectivity index (χ0n) is 10.1. The summed E-state index contributed by atoms with van der Waals surface area (Å²) in [5.41, 5.74) is 5.60. The molecule has 1 aromatic heterocycles.